The Kier molecular flexibility index (Phi) is 7.93. The minimum atomic E-state index is -0.971. The second kappa shape index (κ2) is 11.5. The molecular formula is C30H25Br2NO4. The number of aromatic nitrogens is 1. The molecule has 1 atom stereocenters. The van der Waals surface area contributed by atoms with Gasteiger partial charge in [-0.15, -0.1) is 0 Å². The summed E-state index contributed by atoms with van der Waals surface area (Å²) in [6, 6.07) is 29.8. The fourth-order valence-electron chi connectivity index (χ4n) is 4.47. The van der Waals surface area contributed by atoms with Crippen LogP contribution in [0.25, 0.3) is 21.8 Å². The number of benzene rings is 4. The molecule has 188 valence electrons. The lowest BCUT2D eigenvalue weighted by Gasteiger charge is -2.14. The van der Waals surface area contributed by atoms with Crippen LogP contribution in [-0.2, 0) is 29.1 Å². The average Bonchev–Trinajstić information content (AvgIpc) is 3.19. The number of carbonyl (C=O) groups is 1. The zero-order valence-electron chi connectivity index (χ0n) is 19.9. The quantitative estimate of drug-likeness (QED) is 0.174. The fraction of sp³-hybridized carbons (Fsp3) is 0.167. The molecule has 1 N–H and O–H groups in total. The van der Waals surface area contributed by atoms with Gasteiger partial charge in [0.2, 0.25) is 0 Å². The number of carboxylic acids is 1. The number of fused-ring (bicyclic) bond motifs is 3. The largest absolute Gasteiger partial charge is 0.492 e. The highest BCUT2D eigenvalue weighted by atomic mass is 79.9. The monoisotopic (exact) mass is 621 g/mol. The molecule has 0 bridgehead atoms. The molecule has 0 saturated carbocycles. The van der Waals surface area contributed by atoms with Gasteiger partial charge in [0.05, 0.1) is 13.2 Å². The van der Waals surface area contributed by atoms with Gasteiger partial charge in [-0.05, 0) is 59.7 Å². The lowest BCUT2D eigenvalue weighted by atomic mass is 10.1. The number of hydrogen-bond donors (Lipinski definition) is 1. The van der Waals surface area contributed by atoms with Crippen LogP contribution in [0.4, 0.5) is 0 Å². The summed E-state index contributed by atoms with van der Waals surface area (Å²) in [4.78, 5) is 11.7. The molecule has 5 nitrogen and oxygen atoms in total. The minimum absolute atomic E-state index is 0.260. The van der Waals surface area contributed by atoms with Gasteiger partial charge >= 0.3 is 5.97 Å². The normalized spacial score (nSPS) is 12.2. The highest BCUT2D eigenvalue weighted by Crippen LogP contribution is 2.33. The van der Waals surface area contributed by atoms with Crippen molar-refractivity contribution in [2.45, 2.75) is 25.7 Å². The molecule has 4 aromatic carbocycles. The van der Waals surface area contributed by atoms with E-state index in [4.69, 9.17) is 9.47 Å². The summed E-state index contributed by atoms with van der Waals surface area (Å²) in [7, 11) is 0. The van der Waals surface area contributed by atoms with E-state index in [1.165, 1.54) is 10.8 Å². The molecule has 0 aliphatic carbocycles. The van der Waals surface area contributed by atoms with E-state index in [-0.39, 0.29) is 13.0 Å². The summed E-state index contributed by atoms with van der Waals surface area (Å²) >= 11 is 7.18. The van der Waals surface area contributed by atoms with Crippen LogP contribution in [0, 0.1) is 0 Å². The maximum atomic E-state index is 11.7. The van der Waals surface area contributed by atoms with Gasteiger partial charge in [-0.25, -0.2) is 4.79 Å². The number of hydrogen-bond acceptors (Lipinski definition) is 3. The van der Waals surface area contributed by atoms with E-state index >= 15 is 0 Å². The number of nitrogens with zero attached hydrogens (tertiary/aromatic N) is 1. The van der Waals surface area contributed by atoms with Crippen LogP contribution in [0.3, 0.4) is 0 Å². The van der Waals surface area contributed by atoms with Gasteiger partial charge in [-0.3, -0.25) is 0 Å². The van der Waals surface area contributed by atoms with Gasteiger partial charge < -0.3 is 19.1 Å². The topological polar surface area (TPSA) is 60.7 Å². The summed E-state index contributed by atoms with van der Waals surface area (Å²) in [5.74, 6) is -0.228. The summed E-state index contributed by atoms with van der Waals surface area (Å²) < 4.78 is 16.1. The van der Waals surface area contributed by atoms with Crippen LogP contribution < -0.4 is 4.74 Å². The van der Waals surface area contributed by atoms with Gasteiger partial charge in [-0.1, -0.05) is 74.3 Å². The molecule has 0 aliphatic rings. The fourth-order valence-corrected chi connectivity index (χ4v) is 5.19. The predicted octanol–water partition coefficient (Wildman–Crippen LogP) is 7.61. The van der Waals surface area contributed by atoms with E-state index in [0.717, 1.165) is 36.9 Å². The van der Waals surface area contributed by atoms with Gasteiger partial charge in [0.1, 0.15) is 12.4 Å². The average molecular weight is 623 g/mol. The van der Waals surface area contributed by atoms with Crippen LogP contribution >= 0.6 is 31.9 Å². The van der Waals surface area contributed by atoms with Crippen molar-refractivity contribution in [1.82, 2.24) is 4.57 Å². The molecule has 0 aliphatic heterocycles. The SMILES string of the molecule is O=C(O)[C@H](Cc1ccc(OCCn2c3ccc(Br)cc3c3cc(Br)ccc32)cc1)OCc1ccccc1. The van der Waals surface area contributed by atoms with E-state index in [1.54, 1.807) is 0 Å². The molecule has 0 unspecified atom stereocenters. The molecule has 7 heteroatoms. The molecule has 0 amide bonds. The number of carboxylic acid groups (broad SMARTS) is 1. The maximum Gasteiger partial charge on any atom is 0.333 e. The predicted molar refractivity (Wildman–Crippen MR) is 153 cm³/mol. The molecule has 0 saturated heterocycles. The third-order valence-electron chi connectivity index (χ3n) is 6.29. The van der Waals surface area contributed by atoms with Gasteiger partial charge in [0.15, 0.2) is 6.10 Å². The van der Waals surface area contributed by atoms with Crippen LogP contribution in [0.2, 0.25) is 0 Å². The molecule has 0 radical (unpaired) electrons. The van der Waals surface area contributed by atoms with Crippen molar-refractivity contribution in [3.05, 3.63) is 111 Å². The molecule has 5 aromatic rings. The zero-order valence-corrected chi connectivity index (χ0v) is 23.1. The first kappa shape index (κ1) is 25.5. The smallest absolute Gasteiger partial charge is 0.333 e. The van der Waals surface area contributed by atoms with Gasteiger partial charge in [0, 0.05) is 37.2 Å². The molecule has 0 fully saturated rings. The summed E-state index contributed by atoms with van der Waals surface area (Å²) in [6.07, 6.45) is -0.628. The van der Waals surface area contributed by atoms with E-state index in [0.29, 0.717) is 13.2 Å². The van der Waals surface area contributed by atoms with E-state index in [1.807, 2.05) is 54.6 Å². The molecular weight excluding hydrogens is 598 g/mol. The summed E-state index contributed by atoms with van der Waals surface area (Å²) in [5.41, 5.74) is 4.14. The van der Waals surface area contributed by atoms with Crippen molar-refractivity contribution in [1.29, 1.82) is 0 Å². The number of ether oxygens (including phenoxy) is 2. The van der Waals surface area contributed by atoms with Gasteiger partial charge in [0.25, 0.3) is 0 Å². The van der Waals surface area contributed by atoms with Crippen molar-refractivity contribution in [2.75, 3.05) is 6.61 Å². The first-order valence-electron chi connectivity index (χ1n) is 11.9. The third-order valence-corrected chi connectivity index (χ3v) is 7.27. The minimum Gasteiger partial charge on any atom is -0.492 e. The zero-order chi connectivity index (χ0) is 25.8. The summed E-state index contributed by atoms with van der Waals surface area (Å²) in [5, 5.41) is 12.0. The number of rotatable bonds is 10. The Morgan fingerprint density at radius 2 is 1.43 bits per heavy atom. The van der Waals surface area contributed by atoms with Crippen LogP contribution in [0.15, 0.2) is 99.9 Å². The lowest BCUT2D eigenvalue weighted by molar-refractivity contribution is -0.151. The Balaban J connectivity index is 1.22. The second-order valence-corrected chi connectivity index (χ2v) is 10.6. The van der Waals surface area contributed by atoms with Crippen molar-refractivity contribution in [3.63, 3.8) is 0 Å². The third kappa shape index (κ3) is 6.06. The second-order valence-electron chi connectivity index (χ2n) is 8.79. The van der Waals surface area contributed by atoms with E-state index in [2.05, 4.69) is 72.8 Å². The molecule has 1 aromatic heterocycles. The highest BCUT2D eigenvalue weighted by molar-refractivity contribution is 9.10. The van der Waals surface area contributed by atoms with Crippen LogP contribution in [0.1, 0.15) is 11.1 Å². The van der Waals surface area contributed by atoms with Crippen molar-refractivity contribution >= 4 is 59.6 Å². The van der Waals surface area contributed by atoms with Crippen molar-refractivity contribution in [3.8, 4) is 5.75 Å². The van der Waals surface area contributed by atoms with Gasteiger partial charge in [-0.2, -0.15) is 0 Å². The molecule has 5 rings (SSSR count). The highest BCUT2D eigenvalue weighted by Gasteiger charge is 2.19. The van der Waals surface area contributed by atoms with Crippen LogP contribution in [-0.4, -0.2) is 28.4 Å². The van der Waals surface area contributed by atoms with Crippen molar-refractivity contribution in [2.24, 2.45) is 0 Å². The first-order valence-corrected chi connectivity index (χ1v) is 13.5. The van der Waals surface area contributed by atoms with Crippen molar-refractivity contribution < 1.29 is 19.4 Å². The Bertz CT molecular complexity index is 1470. The molecule has 1 heterocycles. The Morgan fingerprint density at radius 1 is 0.811 bits per heavy atom. The molecule has 0 spiro atoms. The van der Waals surface area contributed by atoms with Crippen LogP contribution in [0.5, 0.6) is 5.75 Å². The standard InChI is InChI=1S/C30H25Br2NO4/c31-22-8-12-27-25(17-22)26-18-23(32)9-13-28(26)33(27)14-15-36-24-10-6-20(7-11-24)16-29(30(34)35)37-19-21-4-2-1-3-5-21/h1-13,17-18,29H,14-16,19H2,(H,34,35)/t29-/m0/s1. The Hall–Kier alpha value is -3.13. The van der Waals surface area contributed by atoms with E-state index in [9.17, 15) is 9.90 Å². The number of aliphatic carboxylic acids is 1. The maximum absolute atomic E-state index is 11.7. The number of halogens is 2. The summed E-state index contributed by atoms with van der Waals surface area (Å²) in [6.45, 7) is 1.46. The molecule has 37 heavy (non-hydrogen) atoms. The van der Waals surface area contributed by atoms with E-state index < -0.39 is 12.1 Å². The Labute approximate surface area is 231 Å². The first-order chi connectivity index (χ1) is 18.0. The Morgan fingerprint density at radius 3 is 2.03 bits per heavy atom. The lowest BCUT2D eigenvalue weighted by Crippen LogP contribution is -2.26.